The molecule has 0 aliphatic carbocycles. The largest absolute Gasteiger partial charge is 0.340 e. The van der Waals surface area contributed by atoms with Gasteiger partial charge in [-0.05, 0) is 43.3 Å². The minimum atomic E-state index is 0.488. The number of anilines is 4. The molecular formula is C17H14Cl2N4. The highest BCUT2D eigenvalue weighted by Crippen LogP contribution is 2.23. The second kappa shape index (κ2) is 6.86. The molecule has 23 heavy (non-hydrogen) atoms. The van der Waals surface area contributed by atoms with Crippen LogP contribution in [0.5, 0.6) is 0 Å². The van der Waals surface area contributed by atoms with E-state index >= 15 is 0 Å². The minimum Gasteiger partial charge on any atom is -0.340 e. The highest BCUT2D eigenvalue weighted by atomic mass is 35.5. The summed E-state index contributed by atoms with van der Waals surface area (Å²) in [6, 6.07) is 14.9. The van der Waals surface area contributed by atoms with Crippen LogP contribution in [0.3, 0.4) is 0 Å². The number of halogens is 2. The van der Waals surface area contributed by atoms with Crippen molar-refractivity contribution in [1.82, 2.24) is 9.97 Å². The van der Waals surface area contributed by atoms with E-state index in [2.05, 4.69) is 20.6 Å². The molecule has 0 amide bonds. The van der Waals surface area contributed by atoms with Crippen LogP contribution in [0.1, 0.15) is 5.56 Å². The number of hydrogen-bond donors (Lipinski definition) is 2. The third-order valence-electron chi connectivity index (χ3n) is 3.14. The zero-order chi connectivity index (χ0) is 16.2. The lowest BCUT2D eigenvalue weighted by atomic mass is 10.3. The monoisotopic (exact) mass is 344 g/mol. The molecule has 0 spiro atoms. The molecule has 0 atom stereocenters. The third-order valence-corrected chi connectivity index (χ3v) is 3.61. The summed E-state index contributed by atoms with van der Waals surface area (Å²) in [7, 11) is 0. The maximum Gasteiger partial charge on any atom is 0.229 e. The van der Waals surface area contributed by atoms with Gasteiger partial charge in [0.05, 0.1) is 0 Å². The summed E-state index contributed by atoms with van der Waals surface area (Å²) in [6.07, 6.45) is 1.76. The van der Waals surface area contributed by atoms with Crippen LogP contribution in [0.2, 0.25) is 10.0 Å². The number of aryl methyl sites for hydroxylation is 1. The Morgan fingerprint density at radius 1 is 0.870 bits per heavy atom. The van der Waals surface area contributed by atoms with E-state index in [0.717, 1.165) is 16.9 Å². The van der Waals surface area contributed by atoms with Crippen molar-refractivity contribution < 1.29 is 0 Å². The zero-order valence-electron chi connectivity index (χ0n) is 12.3. The normalized spacial score (nSPS) is 10.4. The van der Waals surface area contributed by atoms with Crippen molar-refractivity contribution in [3.05, 3.63) is 70.3 Å². The van der Waals surface area contributed by atoms with Crippen LogP contribution in [0, 0.1) is 6.92 Å². The summed E-state index contributed by atoms with van der Waals surface area (Å²) in [4.78, 5) is 8.79. The number of aromatic nitrogens is 2. The molecule has 0 bridgehead atoms. The highest BCUT2D eigenvalue weighted by molar-refractivity contribution is 6.31. The Morgan fingerprint density at radius 2 is 1.48 bits per heavy atom. The van der Waals surface area contributed by atoms with Crippen molar-refractivity contribution in [1.29, 1.82) is 0 Å². The van der Waals surface area contributed by atoms with E-state index in [1.54, 1.807) is 6.20 Å². The van der Waals surface area contributed by atoms with Gasteiger partial charge in [0.1, 0.15) is 5.82 Å². The van der Waals surface area contributed by atoms with E-state index in [1.165, 1.54) is 0 Å². The fourth-order valence-electron chi connectivity index (χ4n) is 2.03. The summed E-state index contributed by atoms with van der Waals surface area (Å²) in [6.45, 7) is 1.94. The van der Waals surface area contributed by atoms with Crippen LogP contribution in [-0.4, -0.2) is 9.97 Å². The Labute approximate surface area is 144 Å². The fourth-order valence-corrected chi connectivity index (χ4v) is 2.41. The topological polar surface area (TPSA) is 49.8 Å². The van der Waals surface area contributed by atoms with Gasteiger partial charge < -0.3 is 10.6 Å². The van der Waals surface area contributed by atoms with Gasteiger partial charge in [0.25, 0.3) is 0 Å². The second-order valence-corrected chi connectivity index (χ2v) is 5.87. The first kappa shape index (κ1) is 15.6. The zero-order valence-corrected chi connectivity index (χ0v) is 13.9. The molecule has 1 heterocycles. The third kappa shape index (κ3) is 4.12. The molecule has 0 radical (unpaired) electrons. The molecule has 0 saturated heterocycles. The number of benzene rings is 2. The first-order valence-corrected chi connectivity index (χ1v) is 7.74. The number of nitrogens with zero attached hydrogens (tertiary/aromatic N) is 2. The van der Waals surface area contributed by atoms with Crippen LogP contribution < -0.4 is 10.6 Å². The SMILES string of the molecule is Cc1cnc(Nc2cccc(Cl)c2)nc1Nc1cccc(Cl)c1. The molecule has 1 aromatic heterocycles. The Morgan fingerprint density at radius 3 is 2.09 bits per heavy atom. The standard InChI is InChI=1S/C17H14Cl2N4/c1-11-10-20-17(22-15-7-3-5-13(19)9-15)23-16(11)21-14-6-2-4-12(18)8-14/h2-10H,1H3,(H2,20,21,22,23). The van der Waals surface area contributed by atoms with Crippen molar-refractivity contribution in [3.63, 3.8) is 0 Å². The lowest BCUT2D eigenvalue weighted by Gasteiger charge is -2.11. The van der Waals surface area contributed by atoms with Crippen molar-refractivity contribution in [2.24, 2.45) is 0 Å². The van der Waals surface area contributed by atoms with Crippen molar-refractivity contribution >= 4 is 46.3 Å². The fraction of sp³-hybridized carbons (Fsp3) is 0.0588. The maximum absolute atomic E-state index is 6.01. The van der Waals surface area contributed by atoms with Crippen molar-refractivity contribution in [2.75, 3.05) is 10.6 Å². The van der Waals surface area contributed by atoms with Gasteiger partial charge in [-0.3, -0.25) is 0 Å². The first-order valence-electron chi connectivity index (χ1n) is 6.99. The summed E-state index contributed by atoms with van der Waals surface area (Å²) in [5.41, 5.74) is 2.63. The van der Waals surface area contributed by atoms with Gasteiger partial charge in [0, 0.05) is 33.2 Å². The van der Waals surface area contributed by atoms with E-state index in [0.29, 0.717) is 21.8 Å². The second-order valence-electron chi connectivity index (χ2n) is 5.00. The number of nitrogens with one attached hydrogen (secondary N) is 2. The molecule has 3 aromatic rings. The molecule has 2 aromatic carbocycles. The van der Waals surface area contributed by atoms with Crippen molar-refractivity contribution in [3.8, 4) is 0 Å². The van der Waals surface area contributed by atoms with Crippen LogP contribution in [0.25, 0.3) is 0 Å². The van der Waals surface area contributed by atoms with Gasteiger partial charge >= 0.3 is 0 Å². The molecule has 0 saturated carbocycles. The lowest BCUT2D eigenvalue weighted by molar-refractivity contribution is 1.13. The smallest absolute Gasteiger partial charge is 0.229 e. The van der Waals surface area contributed by atoms with Gasteiger partial charge in [-0.2, -0.15) is 4.98 Å². The molecule has 3 rings (SSSR count). The van der Waals surface area contributed by atoms with E-state index in [1.807, 2.05) is 55.5 Å². The Kier molecular flexibility index (Phi) is 4.65. The first-order chi connectivity index (χ1) is 11.1. The molecule has 0 aliphatic heterocycles. The van der Waals surface area contributed by atoms with Crippen LogP contribution in [0.4, 0.5) is 23.1 Å². The summed E-state index contributed by atoms with van der Waals surface area (Å²) in [5.74, 6) is 1.20. The van der Waals surface area contributed by atoms with Gasteiger partial charge in [-0.25, -0.2) is 4.98 Å². The average molecular weight is 345 g/mol. The Balaban J connectivity index is 1.84. The Hall–Kier alpha value is -2.30. The highest BCUT2D eigenvalue weighted by Gasteiger charge is 2.05. The van der Waals surface area contributed by atoms with Crippen LogP contribution in [0.15, 0.2) is 54.7 Å². The van der Waals surface area contributed by atoms with Crippen molar-refractivity contribution in [2.45, 2.75) is 6.92 Å². The summed E-state index contributed by atoms with van der Waals surface area (Å²) < 4.78 is 0. The molecule has 116 valence electrons. The quantitative estimate of drug-likeness (QED) is 0.648. The maximum atomic E-state index is 6.01. The molecule has 0 aliphatic rings. The van der Waals surface area contributed by atoms with Crippen LogP contribution >= 0.6 is 23.2 Å². The number of rotatable bonds is 4. The molecule has 6 heteroatoms. The molecule has 0 fully saturated rings. The number of hydrogen-bond acceptors (Lipinski definition) is 4. The van der Waals surface area contributed by atoms with Gasteiger partial charge in [0.2, 0.25) is 5.95 Å². The van der Waals surface area contributed by atoms with Gasteiger partial charge in [0.15, 0.2) is 0 Å². The molecule has 0 unspecified atom stereocenters. The summed E-state index contributed by atoms with van der Waals surface area (Å²) >= 11 is 12.0. The van der Waals surface area contributed by atoms with Gasteiger partial charge in [-0.1, -0.05) is 35.3 Å². The predicted octanol–water partition coefficient (Wildman–Crippen LogP) is 5.58. The average Bonchev–Trinajstić information content (AvgIpc) is 2.51. The predicted molar refractivity (Wildman–Crippen MR) is 96.2 cm³/mol. The molecule has 2 N–H and O–H groups in total. The lowest BCUT2D eigenvalue weighted by Crippen LogP contribution is -2.02. The van der Waals surface area contributed by atoms with E-state index in [9.17, 15) is 0 Å². The summed E-state index contributed by atoms with van der Waals surface area (Å²) in [5, 5.41) is 7.70. The van der Waals surface area contributed by atoms with Gasteiger partial charge in [-0.15, -0.1) is 0 Å². The molecular weight excluding hydrogens is 331 g/mol. The van der Waals surface area contributed by atoms with E-state index < -0.39 is 0 Å². The van der Waals surface area contributed by atoms with E-state index in [4.69, 9.17) is 23.2 Å². The Bertz CT molecular complexity index is 836. The minimum absolute atomic E-state index is 0.488. The molecule has 4 nitrogen and oxygen atoms in total. The van der Waals surface area contributed by atoms with Crippen LogP contribution in [-0.2, 0) is 0 Å². The van der Waals surface area contributed by atoms with E-state index in [-0.39, 0.29) is 0 Å².